The van der Waals surface area contributed by atoms with E-state index in [0.717, 1.165) is 12.5 Å². The maximum atomic E-state index is 3.67. The first-order valence-electron chi connectivity index (χ1n) is 6.66. The molecule has 1 aromatic rings. The van der Waals surface area contributed by atoms with E-state index in [-0.39, 0.29) is 0 Å². The number of rotatable bonds is 4. The largest absolute Gasteiger partial charge is 0.310 e. The van der Waals surface area contributed by atoms with Crippen molar-refractivity contribution in [3.05, 3.63) is 35.4 Å². The summed E-state index contributed by atoms with van der Waals surface area (Å²) in [5.41, 5.74) is 3.10. The van der Waals surface area contributed by atoms with Crippen LogP contribution in [-0.2, 0) is 6.42 Å². The quantitative estimate of drug-likeness (QED) is 0.811. The van der Waals surface area contributed by atoms with Gasteiger partial charge >= 0.3 is 0 Å². The summed E-state index contributed by atoms with van der Waals surface area (Å²) in [5, 5.41) is 3.67. The fourth-order valence-electron chi connectivity index (χ4n) is 2.76. The molecule has 1 aliphatic rings. The molecule has 1 N–H and O–H groups in total. The van der Waals surface area contributed by atoms with E-state index >= 15 is 0 Å². The highest BCUT2D eigenvalue weighted by atomic mass is 14.9. The van der Waals surface area contributed by atoms with Gasteiger partial charge in [-0.3, -0.25) is 0 Å². The molecule has 1 unspecified atom stereocenters. The molecule has 0 spiro atoms. The number of hydrogen-bond donors (Lipinski definition) is 1. The van der Waals surface area contributed by atoms with Crippen LogP contribution in [0.2, 0.25) is 0 Å². The van der Waals surface area contributed by atoms with E-state index in [1.807, 2.05) is 0 Å². The Morgan fingerprint density at radius 3 is 2.75 bits per heavy atom. The van der Waals surface area contributed by atoms with Crippen molar-refractivity contribution in [3.63, 3.8) is 0 Å². The first kappa shape index (κ1) is 11.7. The molecule has 0 saturated heterocycles. The van der Waals surface area contributed by atoms with Gasteiger partial charge < -0.3 is 5.32 Å². The van der Waals surface area contributed by atoms with E-state index in [2.05, 4.69) is 43.4 Å². The second kappa shape index (κ2) is 5.49. The molecule has 0 amide bonds. The molecule has 1 heterocycles. The van der Waals surface area contributed by atoms with Crippen molar-refractivity contribution in [1.82, 2.24) is 5.32 Å². The summed E-state index contributed by atoms with van der Waals surface area (Å²) in [4.78, 5) is 0. The lowest BCUT2D eigenvalue weighted by Gasteiger charge is -2.29. The molecule has 1 heteroatoms. The molecule has 1 aromatic carbocycles. The van der Waals surface area contributed by atoms with E-state index in [1.165, 1.54) is 25.7 Å². The Morgan fingerprint density at radius 2 is 2.00 bits per heavy atom. The zero-order chi connectivity index (χ0) is 11.4. The molecule has 16 heavy (non-hydrogen) atoms. The summed E-state index contributed by atoms with van der Waals surface area (Å²) in [5.74, 6) is 0.864. The molecule has 2 rings (SSSR count). The highest BCUT2D eigenvalue weighted by Gasteiger charge is 2.21. The molecule has 1 nitrogen and oxygen atoms in total. The van der Waals surface area contributed by atoms with Gasteiger partial charge in [-0.05, 0) is 36.4 Å². The minimum atomic E-state index is 0.592. The normalized spacial score (nSPS) is 19.8. The highest BCUT2D eigenvalue weighted by Crippen LogP contribution is 2.29. The van der Waals surface area contributed by atoms with E-state index in [0.29, 0.717) is 6.04 Å². The Bertz CT molecular complexity index is 328. The van der Waals surface area contributed by atoms with Gasteiger partial charge in [0.2, 0.25) is 0 Å². The topological polar surface area (TPSA) is 12.0 Å². The fourth-order valence-corrected chi connectivity index (χ4v) is 2.76. The molecular weight excluding hydrogens is 194 g/mol. The number of hydrogen-bond acceptors (Lipinski definition) is 1. The summed E-state index contributed by atoms with van der Waals surface area (Å²) in [6.07, 6.45) is 5.09. The molecule has 0 aliphatic carbocycles. The Hall–Kier alpha value is -0.820. The van der Waals surface area contributed by atoms with Gasteiger partial charge in [-0.2, -0.15) is 0 Å². The Morgan fingerprint density at radius 1 is 1.25 bits per heavy atom. The zero-order valence-electron chi connectivity index (χ0n) is 10.5. The van der Waals surface area contributed by atoms with Gasteiger partial charge in [0.05, 0.1) is 0 Å². The molecule has 0 saturated carbocycles. The van der Waals surface area contributed by atoms with Crippen molar-refractivity contribution in [2.75, 3.05) is 6.54 Å². The Balaban J connectivity index is 2.12. The van der Waals surface area contributed by atoms with Gasteiger partial charge in [0.25, 0.3) is 0 Å². The van der Waals surface area contributed by atoms with Crippen LogP contribution in [0.15, 0.2) is 24.3 Å². The lowest BCUT2D eigenvalue weighted by atomic mass is 9.86. The maximum Gasteiger partial charge on any atom is 0.0325 e. The monoisotopic (exact) mass is 217 g/mol. The second-order valence-corrected chi connectivity index (χ2v) is 4.87. The second-order valence-electron chi connectivity index (χ2n) is 4.87. The van der Waals surface area contributed by atoms with Crippen molar-refractivity contribution in [2.45, 2.75) is 45.6 Å². The summed E-state index contributed by atoms with van der Waals surface area (Å²) >= 11 is 0. The maximum absolute atomic E-state index is 3.67. The smallest absolute Gasteiger partial charge is 0.0325 e. The number of nitrogens with one attached hydrogen (secondary N) is 1. The van der Waals surface area contributed by atoms with Crippen LogP contribution in [0.3, 0.4) is 0 Å². The molecule has 0 radical (unpaired) electrons. The van der Waals surface area contributed by atoms with E-state index in [1.54, 1.807) is 11.1 Å². The standard InChI is InChI=1S/C15H23N/c1-3-12(4-2)11-15-14-8-6-5-7-13(14)9-10-16-15/h5-8,12,15-16H,3-4,9-11H2,1-2H3. The van der Waals surface area contributed by atoms with Crippen molar-refractivity contribution in [3.8, 4) is 0 Å². The lowest BCUT2D eigenvalue weighted by Crippen LogP contribution is -2.31. The van der Waals surface area contributed by atoms with Crippen molar-refractivity contribution >= 4 is 0 Å². The van der Waals surface area contributed by atoms with Gasteiger partial charge in [-0.15, -0.1) is 0 Å². The predicted octanol–water partition coefficient (Wildman–Crippen LogP) is 3.70. The van der Waals surface area contributed by atoms with Crippen LogP contribution in [0.1, 0.15) is 50.3 Å². The van der Waals surface area contributed by atoms with Crippen molar-refractivity contribution in [1.29, 1.82) is 0 Å². The first-order chi connectivity index (χ1) is 7.85. The third kappa shape index (κ3) is 2.46. The highest BCUT2D eigenvalue weighted by molar-refractivity contribution is 5.32. The third-order valence-corrected chi connectivity index (χ3v) is 3.94. The Labute approximate surface area is 99.3 Å². The molecular formula is C15H23N. The van der Waals surface area contributed by atoms with Crippen LogP contribution < -0.4 is 5.32 Å². The van der Waals surface area contributed by atoms with Gasteiger partial charge in [0.1, 0.15) is 0 Å². The minimum Gasteiger partial charge on any atom is -0.310 e. The number of benzene rings is 1. The number of fused-ring (bicyclic) bond motifs is 1. The van der Waals surface area contributed by atoms with Crippen molar-refractivity contribution in [2.24, 2.45) is 5.92 Å². The average Bonchev–Trinajstić information content (AvgIpc) is 2.36. The van der Waals surface area contributed by atoms with Crippen LogP contribution in [0, 0.1) is 5.92 Å². The van der Waals surface area contributed by atoms with Crippen LogP contribution in [0.4, 0.5) is 0 Å². The first-order valence-corrected chi connectivity index (χ1v) is 6.66. The van der Waals surface area contributed by atoms with E-state index in [9.17, 15) is 0 Å². The van der Waals surface area contributed by atoms with Gasteiger partial charge in [0, 0.05) is 6.04 Å². The molecule has 0 bridgehead atoms. The van der Waals surface area contributed by atoms with Gasteiger partial charge in [-0.1, -0.05) is 51.0 Å². The summed E-state index contributed by atoms with van der Waals surface area (Å²) in [7, 11) is 0. The van der Waals surface area contributed by atoms with Crippen LogP contribution in [0.5, 0.6) is 0 Å². The molecule has 1 aliphatic heterocycles. The third-order valence-electron chi connectivity index (χ3n) is 3.94. The summed E-state index contributed by atoms with van der Waals surface area (Å²) in [6.45, 7) is 5.76. The molecule has 88 valence electrons. The average molecular weight is 217 g/mol. The van der Waals surface area contributed by atoms with Crippen LogP contribution in [-0.4, -0.2) is 6.54 Å². The van der Waals surface area contributed by atoms with Gasteiger partial charge in [-0.25, -0.2) is 0 Å². The SMILES string of the molecule is CCC(CC)CC1NCCc2ccccc21. The lowest BCUT2D eigenvalue weighted by molar-refractivity contribution is 0.362. The van der Waals surface area contributed by atoms with Gasteiger partial charge in [0.15, 0.2) is 0 Å². The molecule has 0 fully saturated rings. The van der Waals surface area contributed by atoms with Crippen molar-refractivity contribution < 1.29 is 0 Å². The predicted molar refractivity (Wildman–Crippen MR) is 69.6 cm³/mol. The molecule has 1 atom stereocenters. The minimum absolute atomic E-state index is 0.592. The zero-order valence-corrected chi connectivity index (χ0v) is 10.5. The Kier molecular flexibility index (Phi) is 4.00. The van der Waals surface area contributed by atoms with Crippen LogP contribution in [0.25, 0.3) is 0 Å². The fraction of sp³-hybridized carbons (Fsp3) is 0.600. The van der Waals surface area contributed by atoms with E-state index in [4.69, 9.17) is 0 Å². The summed E-state index contributed by atoms with van der Waals surface area (Å²) in [6, 6.07) is 9.52. The molecule has 0 aromatic heterocycles. The van der Waals surface area contributed by atoms with E-state index < -0.39 is 0 Å². The summed E-state index contributed by atoms with van der Waals surface area (Å²) < 4.78 is 0. The van der Waals surface area contributed by atoms with Crippen LogP contribution >= 0.6 is 0 Å².